The highest BCUT2D eigenvalue weighted by atomic mass is 16.6. The Balaban J connectivity index is 2.53. The van der Waals surface area contributed by atoms with E-state index in [9.17, 15) is 29.9 Å². The highest BCUT2D eigenvalue weighted by Gasteiger charge is 2.43. The third kappa shape index (κ3) is 3.57. The van der Waals surface area contributed by atoms with Gasteiger partial charge < -0.3 is 10.2 Å². The molecule has 0 heterocycles. The molecule has 0 fully saturated rings. The van der Waals surface area contributed by atoms with Crippen LogP contribution >= 0.6 is 0 Å². The van der Waals surface area contributed by atoms with E-state index in [4.69, 9.17) is 0 Å². The van der Waals surface area contributed by atoms with Crippen LogP contribution in [0.3, 0.4) is 0 Å². The van der Waals surface area contributed by atoms with Crippen LogP contribution in [-0.4, -0.2) is 27.1 Å². The van der Waals surface area contributed by atoms with Crippen LogP contribution in [-0.2, 0) is 21.4 Å². The molecule has 2 aromatic rings. The Labute approximate surface area is 137 Å². The van der Waals surface area contributed by atoms with Gasteiger partial charge in [0.1, 0.15) is 5.41 Å². The number of nitro benzene ring substituents is 1. The molecule has 0 aliphatic rings. The molecular weight excluding hydrogens is 314 g/mol. The summed E-state index contributed by atoms with van der Waals surface area (Å²) >= 11 is 0. The van der Waals surface area contributed by atoms with Crippen LogP contribution in [0.1, 0.15) is 17.5 Å². The van der Waals surface area contributed by atoms with E-state index in [2.05, 4.69) is 0 Å². The number of carboxylic acids is 2. The number of carboxylic acid groups (broad SMARTS) is 2. The van der Waals surface area contributed by atoms with Gasteiger partial charge >= 0.3 is 11.9 Å². The number of nitro groups is 1. The number of benzene rings is 2. The highest BCUT2D eigenvalue weighted by Crippen LogP contribution is 2.34. The van der Waals surface area contributed by atoms with Gasteiger partial charge in [-0.2, -0.15) is 0 Å². The van der Waals surface area contributed by atoms with Gasteiger partial charge in [-0.3, -0.25) is 19.7 Å². The maximum absolute atomic E-state index is 12.0. The number of hydrogen-bond donors (Lipinski definition) is 2. The predicted molar refractivity (Wildman–Crippen MR) is 84.8 cm³/mol. The normalized spacial score (nSPS) is 13.0. The summed E-state index contributed by atoms with van der Waals surface area (Å²) in [5.74, 6) is -2.55. The summed E-state index contributed by atoms with van der Waals surface area (Å²) in [6, 6.07) is 13.6. The number of nitrogens with zero attached hydrogens (tertiary/aromatic N) is 1. The summed E-state index contributed by atoms with van der Waals surface area (Å²) in [6.07, 6.45) is -0.664. The molecule has 7 heteroatoms. The zero-order valence-electron chi connectivity index (χ0n) is 12.6. The van der Waals surface area contributed by atoms with Crippen LogP contribution < -0.4 is 0 Å². The van der Waals surface area contributed by atoms with Crippen LogP contribution in [0, 0.1) is 10.1 Å². The fourth-order valence-corrected chi connectivity index (χ4v) is 2.65. The molecule has 124 valence electrons. The molecule has 24 heavy (non-hydrogen) atoms. The lowest BCUT2D eigenvalue weighted by Crippen LogP contribution is -2.40. The molecule has 2 N–H and O–H groups in total. The van der Waals surface area contributed by atoms with Crippen molar-refractivity contribution in [2.45, 2.75) is 18.3 Å². The van der Waals surface area contributed by atoms with Crippen molar-refractivity contribution in [1.82, 2.24) is 0 Å². The lowest BCUT2D eigenvalue weighted by molar-refractivity contribution is -0.384. The zero-order valence-corrected chi connectivity index (χ0v) is 12.6. The molecule has 0 bridgehead atoms. The van der Waals surface area contributed by atoms with Crippen molar-refractivity contribution < 1.29 is 24.7 Å². The standard InChI is InChI=1S/C17H15NO6/c19-15(20)11-17(16(21)22,10-12-4-2-1-3-5-12)13-6-8-14(9-7-13)18(23)24/h1-9H,10-11H2,(H,19,20)(H,21,22). The monoisotopic (exact) mass is 329 g/mol. The second-order valence-corrected chi connectivity index (χ2v) is 5.42. The van der Waals surface area contributed by atoms with E-state index in [-0.39, 0.29) is 17.7 Å². The first kappa shape index (κ1) is 17.1. The summed E-state index contributed by atoms with van der Waals surface area (Å²) in [6.45, 7) is 0. The molecule has 0 aromatic heterocycles. The number of hydrogen-bond acceptors (Lipinski definition) is 4. The summed E-state index contributed by atoms with van der Waals surface area (Å²) in [7, 11) is 0. The van der Waals surface area contributed by atoms with Crippen molar-refractivity contribution in [2.75, 3.05) is 0 Å². The quantitative estimate of drug-likeness (QED) is 0.595. The van der Waals surface area contributed by atoms with Crippen LogP contribution in [0.5, 0.6) is 0 Å². The third-order valence-corrected chi connectivity index (χ3v) is 3.84. The fourth-order valence-electron chi connectivity index (χ4n) is 2.65. The van der Waals surface area contributed by atoms with E-state index >= 15 is 0 Å². The minimum Gasteiger partial charge on any atom is -0.481 e. The van der Waals surface area contributed by atoms with Crippen LogP contribution in [0.4, 0.5) is 5.69 Å². The Morgan fingerprint density at radius 1 is 1.00 bits per heavy atom. The molecule has 0 radical (unpaired) electrons. The van der Waals surface area contributed by atoms with E-state index in [1.807, 2.05) is 0 Å². The first-order valence-corrected chi connectivity index (χ1v) is 7.09. The van der Waals surface area contributed by atoms with Gasteiger partial charge in [-0.05, 0) is 17.5 Å². The van der Waals surface area contributed by atoms with Crippen molar-refractivity contribution in [3.63, 3.8) is 0 Å². The van der Waals surface area contributed by atoms with Gasteiger partial charge in [-0.1, -0.05) is 42.5 Å². The van der Waals surface area contributed by atoms with Gasteiger partial charge in [0, 0.05) is 12.1 Å². The van der Waals surface area contributed by atoms with E-state index in [1.165, 1.54) is 24.3 Å². The molecule has 0 saturated carbocycles. The maximum atomic E-state index is 12.0. The smallest absolute Gasteiger partial charge is 0.315 e. The largest absolute Gasteiger partial charge is 0.481 e. The van der Waals surface area contributed by atoms with Crippen molar-refractivity contribution in [2.24, 2.45) is 0 Å². The lowest BCUT2D eigenvalue weighted by atomic mass is 9.73. The minimum absolute atomic E-state index is 0.0344. The van der Waals surface area contributed by atoms with Gasteiger partial charge in [0.25, 0.3) is 5.69 Å². The van der Waals surface area contributed by atoms with E-state index < -0.39 is 28.7 Å². The average molecular weight is 329 g/mol. The average Bonchev–Trinajstić information content (AvgIpc) is 2.54. The van der Waals surface area contributed by atoms with Crippen LogP contribution in [0.25, 0.3) is 0 Å². The number of non-ortho nitro benzene ring substituents is 1. The van der Waals surface area contributed by atoms with Gasteiger partial charge in [-0.25, -0.2) is 0 Å². The molecule has 0 saturated heterocycles. The van der Waals surface area contributed by atoms with Gasteiger partial charge in [0.15, 0.2) is 0 Å². The Morgan fingerprint density at radius 2 is 1.58 bits per heavy atom. The molecule has 1 atom stereocenters. The van der Waals surface area contributed by atoms with E-state index in [0.717, 1.165) is 0 Å². The predicted octanol–water partition coefficient (Wildman–Crippen LogP) is 2.63. The molecular formula is C17H15NO6. The van der Waals surface area contributed by atoms with Gasteiger partial charge in [0.2, 0.25) is 0 Å². The summed E-state index contributed by atoms with van der Waals surface area (Å²) in [4.78, 5) is 33.4. The van der Waals surface area contributed by atoms with Crippen molar-refractivity contribution in [3.8, 4) is 0 Å². The molecule has 0 aliphatic carbocycles. The molecule has 0 spiro atoms. The topological polar surface area (TPSA) is 118 Å². The number of rotatable bonds is 7. The number of carbonyl (C=O) groups is 2. The lowest BCUT2D eigenvalue weighted by Gasteiger charge is -2.28. The highest BCUT2D eigenvalue weighted by molar-refractivity contribution is 5.87. The van der Waals surface area contributed by atoms with Crippen molar-refractivity contribution in [1.29, 1.82) is 0 Å². The van der Waals surface area contributed by atoms with Crippen molar-refractivity contribution >= 4 is 17.6 Å². The van der Waals surface area contributed by atoms with Gasteiger partial charge in [-0.15, -0.1) is 0 Å². The van der Waals surface area contributed by atoms with Crippen LogP contribution in [0.2, 0.25) is 0 Å². The van der Waals surface area contributed by atoms with E-state index in [0.29, 0.717) is 5.56 Å². The first-order chi connectivity index (χ1) is 11.3. The SMILES string of the molecule is O=C(O)CC(Cc1ccccc1)(C(=O)O)c1ccc([N+](=O)[O-])cc1. The molecule has 2 aromatic carbocycles. The third-order valence-electron chi connectivity index (χ3n) is 3.84. The van der Waals surface area contributed by atoms with E-state index in [1.54, 1.807) is 30.3 Å². The summed E-state index contributed by atoms with van der Waals surface area (Å²) in [5.41, 5.74) is -1.01. The molecule has 1 unspecified atom stereocenters. The minimum atomic E-state index is -1.71. The summed E-state index contributed by atoms with van der Waals surface area (Å²) < 4.78 is 0. The maximum Gasteiger partial charge on any atom is 0.315 e. The fraction of sp³-hybridized carbons (Fsp3) is 0.176. The second-order valence-electron chi connectivity index (χ2n) is 5.42. The van der Waals surface area contributed by atoms with Crippen LogP contribution in [0.15, 0.2) is 54.6 Å². The summed E-state index contributed by atoms with van der Waals surface area (Å²) in [5, 5.41) is 29.7. The zero-order chi connectivity index (χ0) is 17.7. The Kier molecular flexibility index (Phi) is 4.93. The Bertz CT molecular complexity index is 756. The molecule has 2 rings (SSSR count). The molecule has 0 aliphatic heterocycles. The second kappa shape index (κ2) is 6.91. The molecule has 0 amide bonds. The first-order valence-electron chi connectivity index (χ1n) is 7.09. The van der Waals surface area contributed by atoms with Gasteiger partial charge in [0.05, 0.1) is 11.3 Å². The number of aliphatic carboxylic acids is 2. The molecule has 7 nitrogen and oxygen atoms in total. The Hall–Kier alpha value is -3.22. The Morgan fingerprint density at radius 3 is 2.04 bits per heavy atom. The van der Waals surface area contributed by atoms with Crippen molar-refractivity contribution in [3.05, 3.63) is 75.8 Å².